The van der Waals surface area contributed by atoms with Crippen LogP contribution in [0.1, 0.15) is 42.0 Å². The Kier molecular flexibility index (Phi) is 4.59. The van der Waals surface area contributed by atoms with Crippen molar-refractivity contribution in [2.45, 2.75) is 25.8 Å². The number of rotatable bonds is 6. The summed E-state index contributed by atoms with van der Waals surface area (Å²) in [4.78, 5) is 15.7. The Balaban J connectivity index is 2.69. The Hall–Kier alpha value is -1.92. The lowest BCUT2D eigenvalue weighted by Gasteiger charge is -2.20. The lowest BCUT2D eigenvalue weighted by Crippen LogP contribution is -2.21. The summed E-state index contributed by atoms with van der Waals surface area (Å²) < 4.78 is 7.04. The highest BCUT2D eigenvalue weighted by molar-refractivity contribution is 5.92. The quantitative estimate of drug-likeness (QED) is 0.851. The molecule has 1 aromatic carbocycles. The number of aromatic carboxylic acids is 1. The molecule has 0 amide bonds. The summed E-state index contributed by atoms with van der Waals surface area (Å²) in [6.45, 7) is 4.25. The van der Waals surface area contributed by atoms with Crippen molar-refractivity contribution in [3.8, 4) is 0 Å². The molecule has 1 aromatic heterocycles. The first-order valence-electron chi connectivity index (χ1n) is 6.84. The van der Waals surface area contributed by atoms with Crippen LogP contribution < -0.4 is 0 Å². The number of fused-ring (bicyclic) bond motifs is 1. The fraction of sp³-hybridized carbons (Fsp3) is 0.467. The number of hydrogen-bond donors (Lipinski definition) is 2. The van der Waals surface area contributed by atoms with E-state index in [1.54, 1.807) is 19.2 Å². The molecule has 1 heterocycles. The Morgan fingerprint density at radius 1 is 1.43 bits per heavy atom. The normalized spacial score (nSPS) is 13.0. The van der Waals surface area contributed by atoms with Crippen molar-refractivity contribution < 1.29 is 19.7 Å². The number of ether oxygens (including phenoxy) is 1. The summed E-state index contributed by atoms with van der Waals surface area (Å²) in [5.74, 6) is -0.0248. The molecular formula is C15H20N2O4. The number of aliphatic hydroxyl groups excluding tert-OH is 1. The third-order valence-corrected chi connectivity index (χ3v) is 3.42. The van der Waals surface area contributed by atoms with Gasteiger partial charge in [-0.05, 0) is 18.2 Å². The second kappa shape index (κ2) is 6.24. The zero-order valence-corrected chi connectivity index (χ0v) is 12.4. The molecule has 0 aliphatic carbocycles. The van der Waals surface area contributed by atoms with Crippen LogP contribution in [0, 0.1) is 0 Å². The van der Waals surface area contributed by atoms with Crippen molar-refractivity contribution in [3.05, 3.63) is 29.6 Å². The first-order chi connectivity index (χ1) is 9.99. The fourth-order valence-electron chi connectivity index (χ4n) is 2.44. The zero-order valence-electron chi connectivity index (χ0n) is 12.4. The van der Waals surface area contributed by atoms with Crippen LogP contribution >= 0.6 is 0 Å². The van der Waals surface area contributed by atoms with Crippen LogP contribution in [-0.2, 0) is 4.74 Å². The first-order valence-corrected chi connectivity index (χ1v) is 6.84. The second-order valence-electron chi connectivity index (χ2n) is 5.30. The van der Waals surface area contributed by atoms with Gasteiger partial charge in [0.1, 0.15) is 5.82 Å². The molecule has 0 aliphatic rings. The van der Waals surface area contributed by atoms with E-state index in [0.717, 1.165) is 11.3 Å². The van der Waals surface area contributed by atoms with Crippen LogP contribution in [0.2, 0.25) is 0 Å². The Bertz CT molecular complexity index is 648. The van der Waals surface area contributed by atoms with Crippen molar-refractivity contribution in [1.82, 2.24) is 9.55 Å². The Morgan fingerprint density at radius 2 is 2.14 bits per heavy atom. The van der Waals surface area contributed by atoms with E-state index in [1.165, 1.54) is 6.07 Å². The summed E-state index contributed by atoms with van der Waals surface area (Å²) in [6.07, 6.45) is 0. The monoisotopic (exact) mass is 292 g/mol. The van der Waals surface area contributed by atoms with Gasteiger partial charge in [0, 0.05) is 13.0 Å². The minimum absolute atomic E-state index is 0.101. The van der Waals surface area contributed by atoms with Crippen molar-refractivity contribution >= 4 is 17.0 Å². The SMILES string of the molecule is COCC(CO)n1c(C(C)C)nc2ccc(C(=O)O)cc21. The van der Waals surface area contributed by atoms with Crippen molar-refractivity contribution in [2.75, 3.05) is 20.3 Å². The maximum atomic E-state index is 11.2. The van der Waals surface area contributed by atoms with Gasteiger partial charge in [-0.2, -0.15) is 0 Å². The van der Waals surface area contributed by atoms with Crippen LogP contribution in [0.3, 0.4) is 0 Å². The molecular weight excluding hydrogens is 272 g/mol. The number of hydrogen-bond acceptors (Lipinski definition) is 4. The number of carboxylic acid groups (broad SMARTS) is 1. The van der Waals surface area contributed by atoms with Gasteiger partial charge in [-0.25, -0.2) is 9.78 Å². The highest BCUT2D eigenvalue weighted by atomic mass is 16.5. The van der Waals surface area contributed by atoms with E-state index < -0.39 is 5.97 Å². The van der Waals surface area contributed by atoms with Crippen molar-refractivity contribution in [2.24, 2.45) is 0 Å². The minimum Gasteiger partial charge on any atom is -0.478 e. The van der Waals surface area contributed by atoms with E-state index in [4.69, 9.17) is 9.84 Å². The highest BCUT2D eigenvalue weighted by Gasteiger charge is 2.21. The second-order valence-corrected chi connectivity index (χ2v) is 5.30. The molecule has 0 saturated heterocycles. The number of benzene rings is 1. The van der Waals surface area contributed by atoms with Crippen molar-refractivity contribution in [3.63, 3.8) is 0 Å². The lowest BCUT2D eigenvalue weighted by molar-refractivity contribution is 0.0697. The maximum Gasteiger partial charge on any atom is 0.335 e. The Labute approximate surface area is 123 Å². The molecule has 0 radical (unpaired) electrons. The molecule has 2 rings (SSSR count). The molecule has 6 nitrogen and oxygen atoms in total. The van der Waals surface area contributed by atoms with Crippen LogP contribution in [-0.4, -0.2) is 46.1 Å². The van der Waals surface area contributed by atoms with Gasteiger partial charge in [-0.15, -0.1) is 0 Å². The average Bonchev–Trinajstić information content (AvgIpc) is 2.83. The van der Waals surface area contributed by atoms with Gasteiger partial charge in [0.15, 0.2) is 0 Å². The summed E-state index contributed by atoms with van der Waals surface area (Å²) in [5.41, 5.74) is 1.63. The number of nitrogens with zero attached hydrogens (tertiary/aromatic N) is 2. The molecule has 1 unspecified atom stereocenters. The van der Waals surface area contributed by atoms with E-state index in [-0.39, 0.29) is 24.1 Å². The van der Waals surface area contributed by atoms with E-state index in [1.807, 2.05) is 18.4 Å². The van der Waals surface area contributed by atoms with Gasteiger partial charge in [0.2, 0.25) is 0 Å². The molecule has 1 atom stereocenters. The van der Waals surface area contributed by atoms with Gasteiger partial charge < -0.3 is 19.5 Å². The largest absolute Gasteiger partial charge is 0.478 e. The molecule has 114 valence electrons. The number of methoxy groups -OCH3 is 1. The summed E-state index contributed by atoms with van der Waals surface area (Å²) >= 11 is 0. The van der Waals surface area contributed by atoms with Crippen molar-refractivity contribution in [1.29, 1.82) is 0 Å². The third kappa shape index (κ3) is 2.91. The minimum atomic E-state index is -0.983. The number of carbonyl (C=O) groups is 1. The smallest absolute Gasteiger partial charge is 0.335 e. The van der Waals surface area contributed by atoms with Gasteiger partial charge in [0.05, 0.1) is 35.9 Å². The molecule has 0 saturated carbocycles. The van der Waals surface area contributed by atoms with E-state index >= 15 is 0 Å². The number of imidazole rings is 1. The summed E-state index contributed by atoms with van der Waals surface area (Å²) in [6, 6.07) is 4.54. The predicted molar refractivity (Wildman–Crippen MR) is 78.8 cm³/mol. The third-order valence-electron chi connectivity index (χ3n) is 3.42. The van der Waals surface area contributed by atoms with E-state index in [0.29, 0.717) is 12.1 Å². The van der Waals surface area contributed by atoms with E-state index in [9.17, 15) is 9.90 Å². The number of aromatic nitrogens is 2. The van der Waals surface area contributed by atoms with Crippen LogP contribution in [0.15, 0.2) is 18.2 Å². The molecule has 6 heteroatoms. The maximum absolute atomic E-state index is 11.2. The summed E-state index contributed by atoms with van der Waals surface area (Å²) in [5, 5.41) is 18.8. The molecule has 2 aromatic rings. The fourth-order valence-corrected chi connectivity index (χ4v) is 2.44. The van der Waals surface area contributed by atoms with Crippen LogP contribution in [0.5, 0.6) is 0 Å². The Morgan fingerprint density at radius 3 is 2.67 bits per heavy atom. The van der Waals surface area contributed by atoms with Gasteiger partial charge in [0.25, 0.3) is 0 Å². The van der Waals surface area contributed by atoms with Crippen LogP contribution in [0.25, 0.3) is 11.0 Å². The topological polar surface area (TPSA) is 84.6 Å². The number of carboxylic acids is 1. The molecule has 2 N–H and O–H groups in total. The highest BCUT2D eigenvalue weighted by Crippen LogP contribution is 2.27. The average molecular weight is 292 g/mol. The van der Waals surface area contributed by atoms with Gasteiger partial charge in [-0.1, -0.05) is 13.8 Å². The predicted octanol–water partition coefficient (Wildman–Crippen LogP) is 2.04. The van der Waals surface area contributed by atoms with Gasteiger partial charge >= 0.3 is 5.97 Å². The standard InChI is InChI=1S/C15H20N2O4/c1-9(2)14-16-12-5-4-10(15(19)20)6-13(12)17(14)11(7-18)8-21-3/h4-6,9,11,18H,7-8H2,1-3H3,(H,19,20). The molecule has 0 aliphatic heterocycles. The first kappa shape index (κ1) is 15.5. The van der Waals surface area contributed by atoms with Gasteiger partial charge in [-0.3, -0.25) is 0 Å². The molecule has 0 fully saturated rings. The molecule has 21 heavy (non-hydrogen) atoms. The zero-order chi connectivity index (χ0) is 15.6. The number of aliphatic hydroxyl groups is 1. The lowest BCUT2D eigenvalue weighted by atomic mass is 10.1. The molecule has 0 spiro atoms. The summed E-state index contributed by atoms with van der Waals surface area (Å²) in [7, 11) is 1.57. The van der Waals surface area contributed by atoms with E-state index in [2.05, 4.69) is 4.98 Å². The van der Waals surface area contributed by atoms with Crippen LogP contribution in [0.4, 0.5) is 0 Å². The molecule has 0 bridgehead atoms.